The van der Waals surface area contributed by atoms with Crippen molar-refractivity contribution in [3.05, 3.63) is 24.6 Å². The van der Waals surface area contributed by atoms with Gasteiger partial charge in [-0.3, -0.25) is 0 Å². The standard InChI is InChI=1S/C9H7NO4/c11-9(12)4-13-6-1-2-7-8(3-6)14-5-10-7/h1-3,5H,4H2,(H,11,12). The van der Waals surface area contributed by atoms with Crippen LogP contribution in [0.25, 0.3) is 11.1 Å². The molecule has 0 aliphatic heterocycles. The van der Waals surface area contributed by atoms with Crippen molar-refractivity contribution >= 4 is 17.1 Å². The Balaban J connectivity index is 2.21. The first-order valence-electron chi connectivity index (χ1n) is 3.93. The van der Waals surface area contributed by atoms with E-state index in [1.807, 2.05) is 0 Å². The molecule has 0 radical (unpaired) electrons. The SMILES string of the molecule is O=C(O)COc1ccc2ncoc2c1. The quantitative estimate of drug-likeness (QED) is 0.795. The average Bonchev–Trinajstić information content (AvgIpc) is 2.61. The van der Waals surface area contributed by atoms with Gasteiger partial charge in [0.2, 0.25) is 0 Å². The highest BCUT2D eigenvalue weighted by Gasteiger charge is 2.02. The minimum Gasteiger partial charge on any atom is -0.482 e. The molecule has 0 aliphatic rings. The van der Waals surface area contributed by atoms with Crippen LogP contribution in [0.2, 0.25) is 0 Å². The summed E-state index contributed by atoms with van der Waals surface area (Å²) < 4.78 is 9.98. The largest absolute Gasteiger partial charge is 0.482 e. The molecule has 0 atom stereocenters. The summed E-state index contributed by atoms with van der Waals surface area (Å²) in [6, 6.07) is 4.95. The van der Waals surface area contributed by atoms with E-state index in [9.17, 15) is 4.79 Å². The molecule has 0 fully saturated rings. The molecule has 0 saturated heterocycles. The van der Waals surface area contributed by atoms with Gasteiger partial charge >= 0.3 is 5.97 Å². The van der Waals surface area contributed by atoms with Crippen LogP contribution >= 0.6 is 0 Å². The lowest BCUT2D eigenvalue weighted by atomic mass is 10.3. The number of aromatic nitrogens is 1. The molecule has 1 heterocycles. The molecule has 0 unspecified atom stereocenters. The molecule has 2 aromatic rings. The number of benzene rings is 1. The molecule has 1 aromatic carbocycles. The number of hydrogen-bond donors (Lipinski definition) is 1. The Hall–Kier alpha value is -2.04. The fourth-order valence-electron chi connectivity index (χ4n) is 1.07. The van der Waals surface area contributed by atoms with Gasteiger partial charge in [0.1, 0.15) is 11.3 Å². The number of rotatable bonds is 3. The van der Waals surface area contributed by atoms with Crippen molar-refractivity contribution in [2.24, 2.45) is 0 Å². The smallest absolute Gasteiger partial charge is 0.341 e. The molecule has 14 heavy (non-hydrogen) atoms. The maximum atomic E-state index is 10.2. The van der Waals surface area contributed by atoms with E-state index in [2.05, 4.69) is 4.98 Å². The van der Waals surface area contributed by atoms with Crippen LogP contribution in [-0.2, 0) is 4.79 Å². The van der Waals surface area contributed by atoms with Gasteiger partial charge in [0.15, 0.2) is 18.6 Å². The van der Waals surface area contributed by atoms with Gasteiger partial charge in [0, 0.05) is 6.07 Å². The number of carbonyl (C=O) groups is 1. The lowest BCUT2D eigenvalue weighted by molar-refractivity contribution is -0.139. The van der Waals surface area contributed by atoms with Gasteiger partial charge in [0.25, 0.3) is 0 Å². The zero-order chi connectivity index (χ0) is 9.97. The summed E-state index contributed by atoms with van der Waals surface area (Å²) in [5.41, 5.74) is 1.29. The molecule has 2 rings (SSSR count). The van der Waals surface area contributed by atoms with E-state index in [1.54, 1.807) is 18.2 Å². The number of nitrogens with zero attached hydrogens (tertiary/aromatic N) is 1. The van der Waals surface area contributed by atoms with E-state index in [0.29, 0.717) is 16.8 Å². The number of carboxylic acid groups (broad SMARTS) is 1. The second-order valence-electron chi connectivity index (χ2n) is 2.66. The minimum absolute atomic E-state index is 0.361. The summed E-state index contributed by atoms with van der Waals surface area (Å²) in [4.78, 5) is 14.1. The molecule has 0 amide bonds. The maximum absolute atomic E-state index is 10.2. The predicted molar refractivity (Wildman–Crippen MR) is 47.1 cm³/mol. The molecule has 0 aliphatic carbocycles. The lowest BCUT2D eigenvalue weighted by Crippen LogP contribution is -2.09. The molecule has 0 spiro atoms. The Labute approximate surface area is 78.9 Å². The third kappa shape index (κ3) is 1.66. The van der Waals surface area contributed by atoms with Crippen LogP contribution in [0.15, 0.2) is 29.0 Å². The summed E-state index contributed by atoms with van der Waals surface area (Å²) in [7, 11) is 0. The van der Waals surface area contributed by atoms with Gasteiger partial charge in [-0.15, -0.1) is 0 Å². The summed E-state index contributed by atoms with van der Waals surface area (Å²) >= 11 is 0. The number of aliphatic carboxylic acids is 1. The molecule has 0 bridgehead atoms. The highest BCUT2D eigenvalue weighted by Crippen LogP contribution is 2.19. The van der Waals surface area contributed by atoms with Crippen molar-refractivity contribution in [1.29, 1.82) is 0 Å². The summed E-state index contributed by atoms with van der Waals surface area (Å²) in [5.74, 6) is -0.556. The molecule has 5 heteroatoms. The van der Waals surface area contributed by atoms with Gasteiger partial charge in [-0.25, -0.2) is 9.78 Å². The first-order valence-corrected chi connectivity index (χ1v) is 3.93. The van der Waals surface area contributed by atoms with Crippen LogP contribution < -0.4 is 4.74 Å². The van der Waals surface area contributed by atoms with Gasteiger partial charge < -0.3 is 14.3 Å². The van der Waals surface area contributed by atoms with E-state index < -0.39 is 5.97 Å². The van der Waals surface area contributed by atoms with Crippen LogP contribution in [-0.4, -0.2) is 22.7 Å². The van der Waals surface area contributed by atoms with Gasteiger partial charge in [0.05, 0.1) is 0 Å². The molecule has 72 valence electrons. The van der Waals surface area contributed by atoms with Crippen molar-refractivity contribution < 1.29 is 19.1 Å². The molecule has 5 nitrogen and oxygen atoms in total. The van der Waals surface area contributed by atoms with Crippen molar-refractivity contribution in [3.63, 3.8) is 0 Å². The van der Waals surface area contributed by atoms with Crippen LogP contribution in [0.1, 0.15) is 0 Å². The van der Waals surface area contributed by atoms with Crippen molar-refractivity contribution in [3.8, 4) is 5.75 Å². The topological polar surface area (TPSA) is 72.6 Å². The predicted octanol–water partition coefficient (Wildman–Crippen LogP) is 1.29. The Bertz CT molecular complexity index is 463. The first kappa shape index (κ1) is 8.55. The van der Waals surface area contributed by atoms with Gasteiger partial charge in [-0.05, 0) is 12.1 Å². The van der Waals surface area contributed by atoms with E-state index in [4.69, 9.17) is 14.3 Å². The fraction of sp³-hybridized carbons (Fsp3) is 0.111. The average molecular weight is 193 g/mol. The van der Waals surface area contributed by atoms with E-state index in [1.165, 1.54) is 6.39 Å². The van der Waals surface area contributed by atoms with E-state index >= 15 is 0 Å². The fourth-order valence-corrected chi connectivity index (χ4v) is 1.07. The Morgan fingerprint density at radius 3 is 3.21 bits per heavy atom. The Morgan fingerprint density at radius 1 is 1.57 bits per heavy atom. The lowest BCUT2D eigenvalue weighted by Gasteiger charge is -2.01. The summed E-state index contributed by atoms with van der Waals surface area (Å²) in [6.45, 7) is -0.361. The van der Waals surface area contributed by atoms with Crippen LogP contribution in [0, 0.1) is 0 Å². The minimum atomic E-state index is -1.01. The number of fused-ring (bicyclic) bond motifs is 1. The molecule has 1 N–H and O–H groups in total. The molecule has 1 aromatic heterocycles. The molecular formula is C9H7NO4. The van der Waals surface area contributed by atoms with Gasteiger partial charge in [-0.1, -0.05) is 0 Å². The van der Waals surface area contributed by atoms with Gasteiger partial charge in [-0.2, -0.15) is 0 Å². The summed E-state index contributed by atoms with van der Waals surface area (Å²) in [6.07, 6.45) is 1.33. The highest BCUT2D eigenvalue weighted by molar-refractivity contribution is 5.74. The Morgan fingerprint density at radius 2 is 2.43 bits per heavy atom. The third-order valence-electron chi connectivity index (χ3n) is 1.67. The molecular weight excluding hydrogens is 186 g/mol. The number of hydrogen-bond acceptors (Lipinski definition) is 4. The zero-order valence-corrected chi connectivity index (χ0v) is 7.14. The van der Waals surface area contributed by atoms with Crippen molar-refractivity contribution in [1.82, 2.24) is 4.98 Å². The number of ether oxygens (including phenoxy) is 1. The normalized spacial score (nSPS) is 10.3. The summed E-state index contributed by atoms with van der Waals surface area (Å²) in [5, 5.41) is 8.39. The maximum Gasteiger partial charge on any atom is 0.341 e. The van der Waals surface area contributed by atoms with E-state index in [-0.39, 0.29) is 6.61 Å². The number of carboxylic acids is 1. The van der Waals surface area contributed by atoms with Crippen LogP contribution in [0.3, 0.4) is 0 Å². The van der Waals surface area contributed by atoms with Crippen molar-refractivity contribution in [2.45, 2.75) is 0 Å². The molecule has 0 saturated carbocycles. The second kappa shape index (κ2) is 3.37. The van der Waals surface area contributed by atoms with Crippen molar-refractivity contribution in [2.75, 3.05) is 6.61 Å². The van der Waals surface area contributed by atoms with E-state index in [0.717, 1.165) is 0 Å². The third-order valence-corrected chi connectivity index (χ3v) is 1.67. The Kier molecular flexibility index (Phi) is 2.06. The second-order valence-corrected chi connectivity index (χ2v) is 2.66. The van der Waals surface area contributed by atoms with Crippen LogP contribution in [0.4, 0.5) is 0 Å². The zero-order valence-electron chi connectivity index (χ0n) is 7.14. The monoisotopic (exact) mass is 193 g/mol. The number of oxazole rings is 1. The first-order chi connectivity index (χ1) is 6.75. The van der Waals surface area contributed by atoms with Crippen LogP contribution in [0.5, 0.6) is 5.75 Å². The highest BCUT2D eigenvalue weighted by atomic mass is 16.5.